The van der Waals surface area contributed by atoms with Gasteiger partial charge in [-0.05, 0) is 35.2 Å². The van der Waals surface area contributed by atoms with Gasteiger partial charge in [0.15, 0.2) is 0 Å². The molecule has 1 saturated carbocycles. The summed E-state index contributed by atoms with van der Waals surface area (Å²) in [6.07, 6.45) is 7.05. The maximum absolute atomic E-state index is 5.41. The second-order valence-corrected chi connectivity index (χ2v) is 4.53. The summed E-state index contributed by atoms with van der Waals surface area (Å²) in [6.45, 7) is 0. The van der Waals surface area contributed by atoms with Gasteiger partial charge in [-0.15, -0.1) is 0 Å². The molecule has 2 atom stereocenters. The summed E-state index contributed by atoms with van der Waals surface area (Å²) in [5.41, 5.74) is 0. The van der Waals surface area contributed by atoms with Crippen molar-refractivity contribution in [3.63, 3.8) is 0 Å². The van der Waals surface area contributed by atoms with E-state index in [1.807, 2.05) is 0 Å². The highest BCUT2D eigenvalue weighted by Crippen LogP contribution is 2.26. The number of halogens is 1. The van der Waals surface area contributed by atoms with Crippen molar-refractivity contribution in [1.29, 1.82) is 0 Å². The van der Waals surface area contributed by atoms with Crippen LogP contribution in [0.4, 0.5) is 5.82 Å². The molecule has 0 bridgehead atoms. The van der Waals surface area contributed by atoms with Gasteiger partial charge in [-0.2, -0.15) is 0 Å². The molecule has 1 aromatic heterocycles. The Hall–Kier alpha value is -0.680. The molecule has 0 saturated heterocycles. The van der Waals surface area contributed by atoms with Crippen molar-refractivity contribution in [1.82, 2.24) is 9.97 Å². The largest absolute Gasteiger partial charge is 0.379 e. The zero-order valence-corrected chi connectivity index (χ0v) is 10.2. The summed E-state index contributed by atoms with van der Waals surface area (Å²) in [6, 6.07) is 0.362. The van der Waals surface area contributed by atoms with E-state index >= 15 is 0 Å². The van der Waals surface area contributed by atoms with E-state index in [0.29, 0.717) is 12.1 Å². The number of ether oxygens (including phenoxy) is 1. The molecule has 1 fully saturated rings. The average molecular weight is 272 g/mol. The second kappa shape index (κ2) is 4.90. The fraction of sp³-hybridized carbons (Fsp3) is 0.600. The molecule has 1 heterocycles. The highest BCUT2D eigenvalue weighted by Gasteiger charge is 2.27. The Kier molecular flexibility index (Phi) is 3.53. The van der Waals surface area contributed by atoms with E-state index in [1.165, 1.54) is 6.42 Å². The Bertz CT molecular complexity index is 334. The molecule has 1 N–H and O–H groups in total. The molecule has 1 aliphatic carbocycles. The first kappa shape index (κ1) is 10.8. The van der Waals surface area contributed by atoms with Gasteiger partial charge >= 0.3 is 0 Å². The standard InChI is InChI=1S/C10H14BrN3O/c1-15-9-4-2-3-8(9)14-10-7(11)5-12-6-13-10/h5-6,8-9H,2-4H2,1H3,(H,12,13,14). The van der Waals surface area contributed by atoms with Gasteiger partial charge < -0.3 is 10.1 Å². The minimum atomic E-state index is 0.298. The van der Waals surface area contributed by atoms with Crippen molar-refractivity contribution in [2.24, 2.45) is 0 Å². The number of aromatic nitrogens is 2. The van der Waals surface area contributed by atoms with Crippen LogP contribution in [-0.2, 0) is 4.74 Å². The van der Waals surface area contributed by atoms with Crippen LogP contribution in [0.3, 0.4) is 0 Å². The molecule has 0 aromatic carbocycles. The normalized spacial score (nSPS) is 25.5. The lowest BCUT2D eigenvalue weighted by atomic mass is 10.2. The second-order valence-electron chi connectivity index (χ2n) is 3.68. The molecular weight excluding hydrogens is 258 g/mol. The van der Waals surface area contributed by atoms with Crippen molar-refractivity contribution in [3.05, 3.63) is 17.0 Å². The topological polar surface area (TPSA) is 47.0 Å². The van der Waals surface area contributed by atoms with Crippen LogP contribution >= 0.6 is 15.9 Å². The number of rotatable bonds is 3. The minimum absolute atomic E-state index is 0.298. The number of nitrogens with one attached hydrogen (secondary N) is 1. The zero-order chi connectivity index (χ0) is 10.7. The maximum atomic E-state index is 5.41. The van der Waals surface area contributed by atoms with E-state index < -0.39 is 0 Å². The predicted molar refractivity (Wildman–Crippen MR) is 61.8 cm³/mol. The highest BCUT2D eigenvalue weighted by molar-refractivity contribution is 9.10. The fourth-order valence-corrected chi connectivity index (χ4v) is 2.30. The SMILES string of the molecule is COC1CCCC1Nc1ncncc1Br. The first-order chi connectivity index (χ1) is 7.31. The number of methoxy groups -OCH3 is 1. The summed E-state index contributed by atoms with van der Waals surface area (Å²) < 4.78 is 6.31. The van der Waals surface area contributed by atoms with Crippen LogP contribution in [0.15, 0.2) is 17.0 Å². The van der Waals surface area contributed by atoms with Crippen LogP contribution in [0.25, 0.3) is 0 Å². The van der Waals surface area contributed by atoms with Crippen LogP contribution < -0.4 is 5.32 Å². The molecule has 0 amide bonds. The van der Waals surface area contributed by atoms with E-state index in [-0.39, 0.29) is 0 Å². The van der Waals surface area contributed by atoms with Gasteiger partial charge in [0.25, 0.3) is 0 Å². The smallest absolute Gasteiger partial charge is 0.144 e. The Morgan fingerprint density at radius 2 is 2.40 bits per heavy atom. The summed E-state index contributed by atoms with van der Waals surface area (Å²) in [4.78, 5) is 8.12. The molecule has 1 aromatic rings. The van der Waals surface area contributed by atoms with Gasteiger partial charge in [0.05, 0.1) is 16.6 Å². The molecule has 2 unspecified atom stereocenters. The molecule has 0 spiro atoms. The highest BCUT2D eigenvalue weighted by atomic mass is 79.9. The van der Waals surface area contributed by atoms with E-state index in [4.69, 9.17) is 4.74 Å². The molecule has 1 aliphatic rings. The van der Waals surface area contributed by atoms with Gasteiger partial charge in [0, 0.05) is 13.3 Å². The Morgan fingerprint density at radius 1 is 1.53 bits per heavy atom. The monoisotopic (exact) mass is 271 g/mol. The van der Waals surface area contributed by atoms with Gasteiger partial charge in [0.1, 0.15) is 12.1 Å². The van der Waals surface area contributed by atoms with Crippen molar-refractivity contribution in [2.75, 3.05) is 12.4 Å². The first-order valence-corrected chi connectivity index (χ1v) is 5.85. The molecule has 0 aliphatic heterocycles. The Morgan fingerprint density at radius 3 is 3.13 bits per heavy atom. The molecule has 15 heavy (non-hydrogen) atoms. The van der Waals surface area contributed by atoms with Gasteiger partial charge in [-0.1, -0.05) is 0 Å². The van der Waals surface area contributed by atoms with Crippen LogP contribution in [0, 0.1) is 0 Å². The average Bonchev–Trinajstić information content (AvgIpc) is 2.69. The quantitative estimate of drug-likeness (QED) is 0.916. The van der Waals surface area contributed by atoms with Gasteiger partial charge in [-0.25, -0.2) is 9.97 Å². The Labute approximate surface area is 97.6 Å². The summed E-state index contributed by atoms with van der Waals surface area (Å²) in [5.74, 6) is 0.846. The minimum Gasteiger partial charge on any atom is -0.379 e. The van der Waals surface area contributed by atoms with Crippen molar-refractivity contribution in [3.8, 4) is 0 Å². The van der Waals surface area contributed by atoms with E-state index in [2.05, 4.69) is 31.2 Å². The third-order valence-electron chi connectivity index (χ3n) is 2.75. The number of nitrogens with zero attached hydrogens (tertiary/aromatic N) is 2. The maximum Gasteiger partial charge on any atom is 0.144 e. The number of hydrogen-bond donors (Lipinski definition) is 1. The third-order valence-corrected chi connectivity index (χ3v) is 3.33. The van der Waals surface area contributed by atoms with Crippen LogP contribution in [0.1, 0.15) is 19.3 Å². The molecule has 4 nitrogen and oxygen atoms in total. The van der Waals surface area contributed by atoms with Crippen LogP contribution in [-0.4, -0.2) is 29.2 Å². The first-order valence-electron chi connectivity index (χ1n) is 5.06. The lowest BCUT2D eigenvalue weighted by Gasteiger charge is -2.20. The van der Waals surface area contributed by atoms with Crippen LogP contribution in [0.5, 0.6) is 0 Å². The van der Waals surface area contributed by atoms with E-state index in [9.17, 15) is 0 Å². The molecule has 5 heteroatoms. The van der Waals surface area contributed by atoms with E-state index in [0.717, 1.165) is 23.1 Å². The number of anilines is 1. The van der Waals surface area contributed by atoms with Crippen molar-refractivity contribution >= 4 is 21.7 Å². The molecule has 82 valence electrons. The molecular formula is C10H14BrN3O. The van der Waals surface area contributed by atoms with Crippen molar-refractivity contribution in [2.45, 2.75) is 31.4 Å². The predicted octanol–water partition coefficient (Wildman–Crippen LogP) is 2.22. The summed E-state index contributed by atoms with van der Waals surface area (Å²) in [5, 5.41) is 3.39. The third kappa shape index (κ3) is 2.46. The van der Waals surface area contributed by atoms with E-state index in [1.54, 1.807) is 19.6 Å². The number of hydrogen-bond acceptors (Lipinski definition) is 4. The zero-order valence-electron chi connectivity index (χ0n) is 8.61. The lowest BCUT2D eigenvalue weighted by Crippen LogP contribution is -2.30. The molecule has 2 rings (SSSR count). The fourth-order valence-electron chi connectivity index (χ4n) is 1.97. The summed E-state index contributed by atoms with van der Waals surface area (Å²) in [7, 11) is 1.76. The Balaban J connectivity index is 2.05. The van der Waals surface area contributed by atoms with Crippen LogP contribution in [0.2, 0.25) is 0 Å². The van der Waals surface area contributed by atoms with Crippen molar-refractivity contribution < 1.29 is 4.74 Å². The molecule has 0 radical (unpaired) electrons. The lowest BCUT2D eigenvalue weighted by molar-refractivity contribution is 0.101. The van der Waals surface area contributed by atoms with Gasteiger partial charge in [0.2, 0.25) is 0 Å². The summed E-state index contributed by atoms with van der Waals surface area (Å²) >= 11 is 3.42. The van der Waals surface area contributed by atoms with Gasteiger partial charge in [-0.3, -0.25) is 0 Å².